The van der Waals surface area contributed by atoms with Crippen molar-refractivity contribution < 1.29 is 4.79 Å². The Labute approximate surface area is 150 Å². The van der Waals surface area contributed by atoms with E-state index in [4.69, 9.17) is 0 Å². The summed E-state index contributed by atoms with van der Waals surface area (Å²) >= 11 is 0. The topological polar surface area (TPSA) is 85.1 Å². The third-order valence-electron chi connectivity index (χ3n) is 4.57. The van der Waals surface area contributed by atoms with Gasteiger partial charge in [0, 0.05) is 5.92 Å². The van der Waals surface area contributed by atoms with Gasteiger partial charge in [-0.3, -0.25) is 4.79 Å². The lowest BCUT2D eigenvalue weighted by atomic mass is 10.1. The number of nitrogens with zero attached hydrogens (tertiary/aromatic N) is 5. The normalized spacial score (nSPS) is 19.2. The molecule has 1 aliphatic carbocycles. The third kappa shape index (κ3) is 3.37. The van der Waals surface area contributed by atoms with Crippen LogP contribution in [0.25, 0.3) is 5.69 Å². The van der Waals surface area contributed by atoms with Gasteiger partial charge in [-0.05, 0) is 52.9 Å². The summed E-state index contributed by atoms with van der Waals surface area (Å²) in [5, 5.41) is 15.4. The molecule has 1 fully saturated rings. The van der Waals surface area contributed by atoms with Crippen molar-refractivity contribution in [3.8, 4) is 5.69 Å². The second-order valence-electron chi connectivity index (χ2n) is 6.34. The van der Waals surface area contributed by atoms with Gasteiger partial charge in [0.05, 0.1) is 11.4 Å². The van der Waals surface area contributed by atoms with E-state index in [0.717, 1.165) is 23.4 Å². The Morgan fingerprint density at radius 3 is 2.81 bits per heavy atom. The van der Waals surface area contributed by atoms with Crippen LogP contribution in [-0.2, 0) is 4.79 Å². The zero-order chi connectivity index (χ0) is 17.9. The number of carbonyl (C=O) groups excluding carboxylic acids is 1. The monoisotopic (exact) mass is 346 g/mol. The number of amides is 1. The van der Waals surface area contributed by atoms with Crippen LogP contribution < -0.4 is 5.43 Å². The Bertz CT molecular complexity index is 936. The SMILES string of the molecule is C/C(=N/NC(=O)[C@@H]1C[C@@H]1c1ccccc1)c1cccc(-n2cnnn2)c1. The third-order valence-corrected chi connectivity index (χ3v) is 4.57. The first-order valence-electron chi connectivity index (χ1n) is 8.45. The first-order chi connectivity index (χ1) is 12.7. The minimum Gasteiger partial charge on any atom is -0.273 e. The molecule has 1 amide bonds. The van der Waals surface area contributed by atoms with Gasteiger partial charge < -0.3 is 0 Å². The number of benzene rings is 2. The Hall–Kier alpha value is -3.35. The number of aromatic nitrogens is 4. The zero-order valence-electron chi connectivity index (χ0n) is 14.3. The number of nitrogens with one attached hydrogen (secondary N) is 1. The molecule has 4 rings (SSSR count). The Kier molecular flexibility index (Phi) is 4.27. The van der Waals surface area contributed by atoms with Gasteiger partial charge in [-0.25, -0.2) is 10.1 Å². The fraction of sp³-hybridized carbons (Fsp3) is 0.211. The van der Waals surface area contributed by atoms with Crippen molar-refractivity contribution in [1.82, 2.24) is 25.6 Å². The first kappa shape index (κ1) is 16.1. The number of rotatable bonds is 5. The fourth-order valence-electron chi connectivity index (χ4n) is 2.99. The molecule has 2 aromatic carbocycles. The van der Waals surface area contributed by atoms with E-state index >= 15 is 0 Å². The molecule has 7 nitrogen and oxygen atoms in total. The molecule has 1 aromatic heterocycles. The molecular weight excluding hydrogens is 328 g/mol. The Morgan fingerprint density at radius 2 is 2.04 bits per heavy atom. The van der Waals surface area contributed by atoms with Crippen molar-refractivity contribution >= 4 is 11.6 Å². The predicted octanol–water partition coefficient (Wildman–Crippen LogP) is 2.31. The molecule has 2 atom stereocenters. The molecule has 0 saturated heterocycles. The van der Waals surface area contributed by atoms with E-state index in [-0.39, 0.29) is 11.8 Å². The molecule has 0 radical (unpaired) electrons. The van der Waals surface area contributed by atoms with Crippen molar-refractivity contribution in [2.75, 3.05) is 0 Å². The molecule has 0 unspecified atom stereocenters. The summed E-state index contributed by atoms with van der Waals surface area (Å²) < 4.78 is 1.57. The molecule has 26 heavy (non-hydrogen) atoms. The van der Waals surface area contributed by atoms with E-state index in [1.807, 2.05) is 49.4 Å². The maximum atomic E-state index is 12.3. The standard InChI is InChI=1S/C19H18N6O/c1-13(15-8-5-9-16(10-15)25-12-20-23-24-25)21-22-19(26)18-11-17(18)14-6-3-2-4-7-14/h2-10,12,17-18H,11H2,1H3,(H,22,26)/b21-13-/t17-,18-/m1/s1. The molecule has 3 aromatic rings. The maximum absolute atomic E-state index is 12.3. The minimum absolute atomic E-state index is 0.00140. The van der Waals surface area contributed by atoms with Crippen LogP contribution in [-0.4, -0.2) is 31.8 Å². The Morgan fingerprint density at radius 1 is 1.19 bits per heavy atom. The molecule has 0 bridgehead atoms. The largest absolute Gasteiger partial charge is 0.273 e. The van der Waals surface area contributed by atoms with Crippen LogP contribution in [0.2, 0.25) is 0 Å². The highest BCUT2D eigenvalue weighted by molar-refractivity contribution is 5.99. The minimum atomic E-state index is -0.0326. The summed E-state index contributed by atoms with van der Waals surface area (Å²) in [4.78, 5) is 12.3. The first-order valence-corrected chi connectivity index (χ1v) is 8.45. The van der Waals surface area contributed by atoms with Gasteiger partial charge in [-0.15, -0.1) is 5.10 Å². The smallest absolute Gasteiger partial charge is 0.243 e. The van der Waals surface area contributed by atoms with Crippen molar-refractivity contribution in [2.45, 2.75) is 19.3 Å². The highest BCUT2D eigenvalue weighted by Crippen LogP contribution is 2.47. The number of carbonyl (C=O) groups is 1. The molecule has 1 saturated carbocycles. The summed E-state index contributed by atoms with van der Waals surface area (Å²) in [5.74, 6) is 0.270. The van der Waals surface area contributed by atoms with Gasteiger partial charge in [0.15, 0.2) is 0 Å². The van der Waals surface area contributed by atoms with E-state index in [9.17, 15) is 4.79 Å². The summed E-state index contributed by atoms with van der Waals surface area (Å²) in [5.41, 5.74) is 6.37. The van der Waals surface area contributed by atoms with Gasteiger partial charge in [0.2, 0.25) is 5.91 Å². The van der Waals surface area contributed by atoms with Gasteiger partial charge in [-0.1, -0.05) is 42.5 Å². The van der Waals surface area contributed by atoms with Crippen LogP contribution in [0.1, 0.15) is 30.4 Å². The van der Waals surface area contributed by atoms with Gasteiger partial charge >= 0.3 is 0 Å². The van der Waals surface area contributed by atoms with Crippen LogP contribution in [0.3, 0.4) is 0 Å². The van der Waals surface area contributed by atoms with Crippen molar-refractivity contribution in [3.05, 3.63) is 72.1 Å². The average Bonchev–Trinajstić information content (AvgIpc) is 3.31. The summed E-state index contributed by atoms with van der Waals surface area (Å²) in [7, 11) is 0. The van der Waals surface area contributed by atoms with Crippen molar-refractivity contribution in [1.29, 1.82) is 0 Å². The second kappa shape index (κ2) is 6.87. The van der Waals surface area contributed by atoms with Crippen molar-refractivity contribution in [3.63, 3.8) is 0 Å². The van der Waals surface area contributed by atoms with E-state index < -0.39 is 0 Å². The van der Waals surface area contributed by atoms with E-state index in [1.54, 1.807) is 4.68 Å². The van der Waals surface area contributed by atoms with Crippen LogP contribution in [0.15, 0.2) is 66.0 Å². The molecule has 1 heterocycles. The van der Waals surface area contributed by atoms with Crippen LogP contribution in [0, 0.1) is 5.92 Å². The highest BCUT2D eigenvalue weighted by atomic mass is 16.2. The lowest BCUT2D eigenvalue weighted by Crippen LogP contribution is -2.21. The summed E-state index contributed by atoms with van der Waals surface area (Å²) in [6.07, 6.45) is 2.41. The van der Waals surface area contributed by atoms with Crippen molar-refractivity contribution in [2.24, 2.45) is 11.0 Å². The lowest BCUT2D eigenvalue weighted by Gasteiger charge is -2.05. The molecule has 1 aliphatic rings. The molecular formula is C19H18N6O. The fourth-order valence-corrected chi connectivity index (χ4v) is 2.99. The molecule has 0 spiro atoms. The average molecular weight is 346 g/mol. The van der Waals surface area contributed by atoms with E-state index in [0.29, 0.717) is 5.92 Å². The van der Waals surface area contributed by atoms with Gasteiger partial charge in [0.25, 0.3) is 0 Å². The highest BCUT2D eigenvalue weighted by Gasteiger charge is 2.43. The van der Waals surface area contributed by atoms with E-state index in [2.05, 4.69) is 38.2 Å². The quantitative estimate of drug-likeness (QED) is 0.567. The summed E-state index contributed by atoms with van der Waals surface area (Å²) in [6, 6.07) is 17.8. The van der Waals surface area contributed by atoms with Crippen LogP contribution in [0.5, 0.6) is 0 Å². The van der Waals surface area contributed by atoms with Gasteiger partial charge in [0.1, 0.15) is 6.33 Å². The molecule has 130 valence electrons. The second-order valence-corrected chi connectivity index (χ2v) is 6.34. The van der Waals surface area contributed by atoms with Crippen LogP contribution in [0.4, 0.5) is 0 Å². The van der Waals surface area contributed by atoms with Crippen LogP contribution >= 0.6 is 0 Å². The summed E-state index contributed by atoms with van der Waals surface area (Å²) in [6.45, 7) is 1.86. The molecule has 1 N–H and O–H groups in total. The number of hydrogen-bond donors (Lipinski definition) is 1. The number of tetrazole rings is 1. The molecule has 0 aliphatic heterocycles. The maximum Gasteiger partial charge on any atom is 0.243 e. The molecule has 7 heteroatoms. The number of hydrogen-bond acceptors (Lipinski definition) is 5. The Balaban J connectivity index is 1.41. The lowest BCUT2D eigenvalue weighted by molar-refractivity contribution is -0.122. The van der Waals surface area contributed by atoms with Gasteiger partial charge in [-0.2, -0.15) is 5.10 Å². The number of hydrazone groups is 1. The zero-order valence-corrected chi connectivity index (χ0v) is 14.3. The predicted molar refractivity (Wildman–Crippen MR) is 96.8 cm³/mol. The van der Waals surface area contributed by atoms with E-state index in [1.165, 1.54) is 11.9 Å².